The molecule has 33 heavy (non-hydrogen) atoms. The zero-order chi connectivity index (χ0) is 23.2. The lowest BCUT2D eigenvalue weighted by molar-refractivity contribution is -0.142. The molecule has 4 aliphatic rings. The van der Waals surface area contributed by atoms with Gasteiger partial charge in [0.2, 0.25) is 17.7 Å². The van der Waals surface area contributed by atoms with E-state index in [1.807, 2.05) is 0 Å². The van der Waals surface area contributed by atoms with Crippen molar-refractivity contribution in [3.05, 3.63) is 0 Å². The summed E-state index contributed by atoms with van der Waals surface area (Å²) in [6.07, 6.45) is 11.8. The lowest BCUT2D eigenvalue weighted by Gasteiger charge is -2.42. The predicted octanol–water partition coefficient (Wildman–Crippen LogP) is 1.52. The van der Waals surface area contributed by atoms with Crippen LogP contribution in [0.4, 0.5) is 4.79 Å². The third-order valence-electron chi connectivity index (χ3n) is 7.74. The quantitative estimate of drug-likeness (QED) is 0.589. The fourth-order valence-electron chi connectivity index (χ4n) is 5.74. The van der Waals surface area contributed by atoms with E-state index in [0.29, 0.717) is 26.1 Å². The van der Waals surface area contributed by atoms with Crippen molar-refractivity contribution in [2.75, 3.05) is 26.2 Å². The minimum Gasteiger partial charge on any atom is -0.354 e. The number of carbonyl (C=O) groups excluding carboxylic acids is 4. The molecule has 2 atom stereocenters. The molecule has 0 bridgehead atoms. The minimum absolute atomic E-state index is 0.0224. The molecule has 0 radical (unpaired) electrons. The molecule has 9 nitrogen and oxygen atoms in total. The van der Waals surface area contributed by atoms with Crippen molar-refractivity contribution in [3.8, 4) is 0 Å². The van der Waals surface area contributed by atoms with Crippen LogP contribution < -0.4 is 16.0 Å². The van der Waals surface area contributed by atoms with Crippen LogP contribution in [0.3, 0.4) is 0 Å². The summed E-state index contributed by atoms with van der Waals surface area (Å²) in [6, 6.07) is -1.47. The van der Waals surface area contributed by atoms with E-state index >= 15 is 0 Å². The number of piperidine rings is 1. The van der Waals surface area contributed by atoms with E-state index < -0.39 is 12.1 Å². The molecular weight excluding hydrogens is 422 g/mol. The molecule has 2 aliphatic carbocycles. The van der Waals surface area contributed by atoms with Gasteiger partial charge in [-0.15, -0.1) is 0 Å². The summed E-state index contributed by atoms with van der Waals surface area (Å²) in [4.78, 5) is 55.2. The van der Waals surface area contributed by atoms with Crippen LogP contribution in [0.1, 0.15) is 77.0 Å². The second-order valence-corrected chi connectivity index (χ2v) is 10.1. The van der Waals surface area contributed by atoms with Crippen molar-refractivity contribution < 1.29 is 19.2 Å². The molecule has 9 heteroatoms. The van der Waals surface area contributed by atoms with E-state index in [-0.39, 0.29) is 42.3 Å². The van der Waals surface area contributed by atoms with Crippen LogP contribution in [0.5, 0.6) is 0 Å². The zero-order valence-corrected chi connectivity index (χ0v) is 19.7. The standard InChI is InChI=1S/C24H39N5O4/c30-21-19(12-7-13-25-21)27-22(31)20-16-28(23(32)17-8-3-1-4-9-17)14-15-29(20)24(33)26-18-10-5-2-6-11-18/h17-20H,1-16H2,(H,25,30)(H,26,33)(H,27,31). The molecular formula is C24H39N5O4. The maximum atomic E-state index is 13.3. The Labute approximate surface area is 196 Å². The normalized spacial score (nSPS) is 27.6. The number of hydrogen-bond acceptors (Lipinski definition) is 4. The number of piperazine rings is 1. The van der Waals surface area contributed by atoms with Crippen LogP contribution in [-0.4, -0.2) is 77.9 Å². The van der Waals surface area contributed by atoms with Crippen molar-refractivity contribution >= 4 is 23.8 Å². The molecule has 2 aliphatic heterocycles. The summed E-state index contributed by atoms with van der Waals surface area (Å²) < 4.78 is 0. The van der Waals surface area contributed by atoms with Gasteiger partial charge >= 0.3 is 6.03 Å². The molecule has 2 unspecified atom stereocenters. The molecule has 3 N–H and O–H groups in total. The van der Waals surface area contributed by atoms with Gasteiger partial charge < -0.3 is 25.8 Å². The van der Waals surface area contributed by atoms with Gasteiger partial charge in [-0.25, -0.2) is 4.79 Å². The lowest BCUT2D eigenvalue weighted by Crippen LogP contribution is -2.65. The molecule has 4 rings (SSSR count). The van der Waals surface area contributed by atoms with E-state index in [9.17, 15) is 19.2 Å². The fraction of sp³-hybridized carbons (Fsp3) is 0.833. The summed E-state index contributed by atoms with van der Waals surface area (Å²) in [7, 11) is 0. The van der Waals surface area contributed by atoms with E-state index in [4.69, 9.17) is 0 Å². The number of amides is 5. The summed E-state index contributed by atoms with van der Waals surface area (Å²) in [5.74, 6) is -0.403. The van der Waals surface area contributed by atoms with Gasteiger partial charge in [-0.2, -0.15) is 0 Å². The van der Waals surface area contributed by atoms with Crippen LogP contribution in [0, 0.1) is 5.92 Å². The molecule has 0 aromatic rings. The van der Waals surface area contributed by atoms with Crippen LogP contribution in [0.2, 0.25) is 0 Å². The zero-order valence-electron chi connectivity index (χ0n) is 19.7. The van der Waals surface area contributed by atoms with E-state index in [2.05, 4.69) is 16.0 Å². The van der Waals surface area contributed by atoms with Gasteiger partial charge in [0, 0.05) is 31.6 Å². The van der Waals surface area contributed by atoms with Gasteiger partial charge in [-0.1, -0.05) is 38.5 Å². The van der Waals surface area contributed by atoms with Crippen molar-refractivity contribution in [1.82, 2.24) is 25.8 Å². The smallest absolute Gasteiger partial charge is 0.318 e. The highest BCUT2D eigenvalue weighted by atomic mass is 16.2. The topological polar surface area (TPSA) is 111 Å². The maximum Gasteiger partial charge on any atom is 0.318 e. The van der Waals surface area contributed by atoms with Gasteiger partial charge in [0.05, 0.1) is 6.54 Å². The second kappa shape index (κ2) is 11.2. The van der Waals surface area contributed by atoms with E-state index in [0.717, 1.165) is 57.8 Å². The first-order chi connectivity index (χ1) is 16.0. The molecule has 0 aromatic carbocycles. The van der Waals surface area contributed by atoms with Crippen LogP contribution in [0.25, 0.3) is 0 Å². The van der Waals surface area contributed by atoms with Crippen LogP contribution in [-0.2, 0) is 14.4 Å². The second-order valence-electron chi connectivity index (χ2n) is 10.1. The number of nitrogens with one attached hydrogen (secondary N) is 3. The molecule has 0 spiro atoms. The first kappa shape index (κ1) is 23.8. The Morgan fingerprint density at radius 1 is 0.818 bits per heavy atom. The highest BCUT2D eigenvalue weighted by molar-refractivity contribution is 5.93. The first-order valence-corrected chi connectivity index (χ1v) is 13.0. The highest BCUT2D eigenvalue weighted by Gasteiger charge is 2.40. The van der Waals surface area contributed by atoms with Crippen molar-refractivity contribution in [1.29, 1.82) is 0 Å². The van der Waals surface area contributed by atoms with Crippen molar-refractivity contribution in [2.24, 2.45) is 5.92 Å². The summed E-state index contributed by atoms with van der Waals surface area (Å²) in [5, 5.41) is 8.76. The van der Waals surface area contributed by atoms with Gasteiger partial charge in [0.1, 0.15) is 12.1 Å². The van der Waals surface area contributed by atoms with Gasteiger partial charge in [-0.3, -0.25) is 14.4 Å². The minimum atomic E-state index is -0.787. The maximum absolute atomic E-state index is 13.3. The van der Waals surface area contributed by atoms with Gasteiger partial charge in [0.25, 0.3) is 0 Å². The Morgan fingerprint density at radius 3 is 2.21 bits per heavy atom. The predicted molar refractivity (Wildman–Crippen MR) is 123 cm³/mol. The molecule has 2 heterocycles. The number of urea groups is 1. The largest absolute Gasteiger partial charge is 0.354 e. The average Bonchev–Trinajstić information content (AvgIpc) is 2.85. The monoisotopic (exact) mass is 461 g/mol. The Kier molecular flexibility index (Phi) is 8.09. The molecule has 0 aromatic heterocycles. The third kappa shape index (κ3) is 5.98. The molecule has 5 amide bonds. The van der Waals surface area contributed by atoms with Gasteiger partial charge in [0.15, 0.2) is 0 Å². The first-order valence-electron chi connectivity index (χ1n) is 13.0. The Bertz CT molecular complexity index is 732. The highest BCUT2D eigenvalue weighted by Crippen LogP contribution is 2.27. The van der Waals surface area contributed by atoms with E-state index in [1.165, 1.54) is 12.8 Å². The van der Waals surface area contributed by atoms with E-state index in [1.54, 1.807) is 9.80 Å². The van der Waals surface area contributed by atoms with Crippen molar-refractivity contribution in [3.63, 3.8) is 0 Å². The number of rotatable bonds is 4. The van der Waals surface area contributed by atoms with Gasteiger partial charge in [-0.05, 0) is 38.5 Å². The van der Waals surface area contributed by atoms with Crippen LogP contribution >= 0.6 is 0 Å². The molecule has 2 saturated carbocycles. The molecule has 184 valence electrons. The summed E-state index contributed by atoms with van der Waals surface area (Å²) in [6.45, 7) is 1.58. The summed E-state index contributed by atoms with van der Waals surface area (Å²) >= 11 is 0. The molecule has 4 fully saturated rings. The lowest BCUT2D eigenvalue weighted by atomic mass is 9.88. The Balaban J connectivity index is 1.44. The molecule has 2 saturated heterocycles. The average molecular weight is 462 g/mol. The SMILES string of the molecule is O=C1NCCCC1NC(=O)C1CN(C(=O)C2CCCCC2)CCN1C(=O)NC1CCCCC1. The Morgan fingerprint density at radius 2 is 1.52 bits per heavy atom. The number of nitrogens with zero attached hydrogens (tertiary/aromatic N) is 2. The number of hydrogen-bond donors (Lipinski definition) is 3. The number of carbonyl (C=O) groups is 4. The van der Waals surface area contributed by atoms with Crippen LogP contribution in [0.15, 0.2) is 0 Å². The fourth-order valence-corrected chi connectivity index (χ4v) is 5.74. The third-order valence-corrected chi connectivity index (χ3v) is 7.74. The Hall–Kier alpha value is -2.32. The summed E-state index contributed by atoms with van der Waals surface area (Å²) in [5.41, 5.74) is 0. The van der Waals surface area contributed by atoms with Crippen molar-refractivity contribution in [2.45, 2.75) is 95.2 Å².